The molecule has 2 atom stereocenters. The Kier molecular flexibility index (Phi) is 32.2. The molecule has 0 aliphatic rings. The second-order valence-corrected chi connectivity index (χ2v) is 14.0. The maximum Gasteiger partial charge on any atom is 0.472 e. The lowest BCUT2D eigenvalue weighted by molar-refractivity contribution is -0.371. The van der Waals surface area contributed by atoms with E-state index in [1.54, 1.807) is 0 Å². The maximum atomic E-state index is 12.5. The summed E-state index contributed by atoms with van der Waals surface area (Å²) in [4.78, 5) is 34.6. The maximum absolute atomic E-state index is 12.5. The second kappa shape index (κ2) is 32.9. The van der Waals surface area contributed by atoms with Crippen LogP contribution in [0.5, 0.6) is 0 Å². The molecular formula is C35H71NO8P+. The van der Waals surface area contributed by atoms with Gasteiger partial charge in [0, 0.05) is 12.8 Å². The van der Waals surface area contributed by atoms with Crippen LogP contribution in [0.2, 0.25) is 0 Å². The molecule has 0 heterocycles. The number of phosphoric acid groups is 1. The van der Waals surface area contributed by atoms with Gasteiger partial charge in [-0.3, -0.25) is 18.6 Å². The van der Waals surface area contributed by atoms with Crippen molar-refractivity contribution in [3.8, 4) is 0 Å². The molecule has 0 rings (SSSR count). The molecule has 0 aromatic heterocycles. The third kappa shape index (κ3) is 32.7. The van der Waals surface area contributed by atoms with Crippen LogP contribution in [0, 0.1) is 0 Å². The zero-order valence-corrected chi connectivity index (χ0v) is 30.1. The van der Waals surface area contributed by atoms with E-state index in [1.165, 1.54) is 116 Å². The van der Waals surface area contributed by atoms with Crippen LogP contribution in [0.4, 0.5) is 0 Å². The lowest BCUT2D eigenvalue weighted by atomic mass is 10.0. The predicted molar refractivity (Wildman–Crippen MR) is 182 cm³/mol. The molecule has 0 saturated heterocycles. The van der Waals surface area contributed by atoms with Crippen molar-refractivity contribution in [2.45, 2.75) is 187 Å². The molecule has 0 aromatic rings. The lowest BCUT2D eigenvalue weighted by Crippen LogP contribution is -2.52. The van der Waals surface area contributed by atoms with Gasteiger partial charge in [-0.2, -0.15) is 0 Å². The van der Waals surface area contributed by atoms with Crippen molar-refractivity contribution in [1.82, 2.24) is 0 Å². The largest absolute Gasteiger partial charge is 0.472 e. The second-order valence-electron chi connectivity index (χ2n) is 12.5. The smallest absolute Gasteiger partial charge is 0.462 e. The molecule has 0 radical (unpaired) electrons. The highest BCUT2D eigenvalue weighted by molar-refractivity contribution is 7.47. The van der Waals surface area contributed by atoms with Gasteiger partial charge < -0.3 is 20.1 Å². The number of rotatable bonds is 35. The van der Waals surface area contributed by atoms with Gasteiger partial charge in [-0.05, 0) is 12.8 Å². The van der Waals surface area contributed by atoms with Crippen LogP contribution in [0.15, 0.2) is 0 Å². The quantitative estimate of drug-likeness (QED) is 0.0389. The highest BCUT2D eigenvalue weighted by Gasteiger charge is 2.26. The van der Waals surface area contributed by atoms with Crippen LogP contribution in [0.3, 0.4) is 0 Å². The molecule has 0 spiro atoms. The summed E-state index contributed by atoms with van der Waals surface area (Å²) in [6.45, 7) is 4.12. The average Bonchev–Trinajstić information content (AvgIpc) is 3.02. The van der Waals surface area contributed by atoms with E-state index in [-0.39, 0.29) is 25.6 Å². The Hall–Kier alpha value is -0.990. The van der Waals surface area contributed by atoms with E-state index in [0.29, 0.717) is 19.4 Å². The van der Waals surface area contributed by atoms with Crippen LogP contribution >= 0.6 is 7.82 Å². The summed E-state index contributed by atoms with van der Waals surface area (Å²) in [6.07, 6.45) is 28.5. The minimum atomic E-state index is -4.32. The van der Waals surface area contributed by atoms with Gasteiger partial charge in [0.05, 0.1) is 13.2 Å². The van der Waals surface area contributed by atoms with E-state index in [2.05, 4.69) is 19.6 Å². The van der Waals surface area contributed by atoms with E-state index in [0.717, 1.165) is 32.1 Å². The number of carbonyl (C=O) groups is 2. The zero-order valence-electron chi connectivity index (χ0n) is 29.2. The van der Waals surface area contributed by atoms with Crippen LogP contribution in [-0.4, -0.2) is 49.3 Å². The van der Waals surface area contributed by atoms with Gasteiger partial charge in [0.15, 0.2) is 6.10 Å². The van der Waals surface area contributed by atoms with Gasteiger partial charge in [-0.15, -0.1) is 0 Å². The van der Waals surface area contributed by atoms with E-state index >= 15 is 0 Å². The van der Waals surface area contributed by atoms with Gasteiger partial charge in [0.2, 0.25) is 0 Å². The lowest BCUT2D eigenvalue weighted by Gasteiger charge is -2.19. The van der Waals surface area contributed by atoms with E-state index in [9.17, 15) is 19.0 Å². The van der Waals surface area contributed by atoms with Gasteiger partial charge in [-0.1, -0.05) is 155 Å². The summed E-state index contributed by atoms with van der Waals surface area (Å²) in [5.74, 6) is -0.802. The molecule has 0 fully saturated rings. The predicted octanol–water partition coefficient (Wildman–Crippen LogP) is 9.00. The molecule has 0 aliphatic carbocycles. The monoisotopic (exact) mass is 664 g/mol. The first kappa shape index (κ1) is 44.0. The first-order valence-electron chi connectivity index (χ1n) is 18.6. The number of hydrogen-bond donors (Lipinski definition) is 2. The number of ether oxygens (including phenoxy) is 2. The SMILES string of the molecule is CCCCCCCCCCCCCCCC(=O)O[C@H](COC(=O)CCCCCCCCCCCCC)COP(=O)(O)OCC[NH3+]. The highest BCUT2D eigenvalue weighted by Crippen LogP contribution is 2.43. The number of phosphoric ester groups is 1. The summed E-state index contributed by atoms with van der Waals surface area (Å²) >= 11 is 0. The number of carbonyl (C=O) groups excluding carboxylic acids is 2. The third-order valence-corrected chi connectivity index (χ3v) is 9.00. The molecule has 0 aromatic carbocycles. The van der Waals surface area contributed by atoms with Crippen molar-refractivity contribution in [2.75, 3.05) is 26.4 Å². The molecule has 1 unspecified atom stereocenters. The number of unbranched alkanes of at least 4 members (excludes halogenated alkanes) is 22. The van der Waals surface area contributed by atoms with Crippen molar-refractivity contribution >= 4 is 19.8 Å². The topological polar surface area (TPSA) is 136 Å². The van der Waals surface area contributed by atoms with Crippen LogP contribution in [0.1, 0.15) is 181 Å². The summed E-state index contributed by atoms with van der Waals surface area (Å²) in [5, 5.41) is 0. The molecule has 45 heavy (non-hydrogen) atoms. The first-order chi connectivity index (χ1) is 21.8. The minimum Gasteiger partial charge on any atom is -0.462 e. The van der Waals surface area contributed by atoms with E-state index in [4.69, 9.17) is 18.5 Å². The molecule has 0 saturated carbocycles. The summed E-state index contributed by atoms with van der Waals surface area (Å²) in [7, 11) is -4.32. The van der Waals surface area contributed by atoms with Gasteiger partial charge in [-0.25, -0.2) is 4.57 Å². The Morgan fingerprint density at radius 3 is 1.36 bits per heavy atom. The summed E-state index contributed by atoms with van der Waals surface area (Å²) in [6, 6.07) is 0. The average molecular weight is 665 g/mol. The molecule has 0 aliphatic heterocycles. The van der Waals surface area contributed by atoms with Gasteiger partial charge in [0.25, 0.3) is 0 Å². The van der Waals surface area contributed by atoms with Crippen LogP contribution < -0.4 is 5.73 Å². The molecule has 10 heteroatoms. The molecule has 4 N–H and O–H groups in total. The molecule has 268 valence electrons. The van der Waals surface area contributed by atoms with Crippen LogP contribution in [-0.2, 0) is 32.7 Å². The Bertz CT molecular complexity index is 724. The molecule has 9 nitrogen and oxygen atoms in total. The number of hydrogen-bond acceptors (Lipinski definition) is 7. The fourth-order valence-corrected chi connectivity index (χ4v) is 6.02. The van der Waals surface area contributed by atoms with E-state index < -0.39 is 26.5 Å². The van der Waals surface area contributed by atoms with Crippen molar-refractivity contribution in [2.24, 2.45) is 0 Å². The number of esters is 2. The first-order valence-corrected chi connectivity index (χ1v) is 20.1. The Labute approximate surface area is 276 Å². The molecule has 0 bridgehead atoms. The Morgan fingerprint density at radius 1 is 0.578 bits per heavy atom. The fraction of sp³-hybridized carbons (Fsp3) is 0.943. The van der Waals surface area contributed by atoms with Gasteiger partial charge >= 0.3 is 19.8 Å². The zero-order chi connectivity index (χ0) is 33.3. The summed E-state index contributed by atoms with van der Waals surface area (Å²) in [5.41, 5.74) is 3.57. The molecule has 0 amide bonds. The van der Waals surface area contributed by atoms with Crippen molar-refractivity contribution < 1.29 is 43.3 Å². The molecular weight excluding hydrogens is 593 g/mol. The van der Waals surface area contributed by atoms with Crippen molar-refractivity contribution in [3.05, 3.63) is 0 Å². The van der Waals surface area contributed by atoms with Crippen molar-refractivity contribution in [3.63, 3.8) is 0 Å². The fourth-order valence-electron chi connectivity index (χ4n) is 5.23. The highest BCUT2D eigenvalue weighted by atomic mass is 31.2. The Balaban J connectivity index is 4.21. The van der Waals surface area contributed by atoms with E-state index in [1.807, 2.05) is 0 Å². The standard InChI is InChI=1S/C35H70NO8P/c1-3-5-7-9-11-13-15-16-18-20-22-24-26-28-35(38)44-33(32-43-45(39,40)42-30-29-36)31-41-34(37)27-25-23-21-19-17-14-12-10-8-6-4-2/h33H,3-32,36H2,1-2H3,(H,39,40)/p+1/t33-/m1/s1. The Morgan fingerprint density at radius 2 is 0.956 bits per heavy atom. The van der Waals surface area contributed by atoms with Crippen molar-refractivity contribution in [1.29, 1.82) is 0 Å². The normalized spacial score (nSPS) is 13.4. The van der Waals surface area contributed by atoms with Crippen LogP contribution in [0.25, 0.3) is 0 Å². The van der Waals surface area contributed by atoms with Gasteiger partial charge in [0.1, 0.15) is 13.2 Å². The third-order valence-electron chi connectivity index (χ3n) is 8.02. The summed E-state index contributed by atoms with van der Waals surface area (Å²) < 4.78 is 32.7. The minimum absolute atomic E-state index is 0.0365. The number of quaternary nitrogens is 1.